The minimum atomic E-state index is -0.673. The summed E-state index contributed by atoms with van der Waals surface area (Å²) in [5.41, 5.74) is 1.07. The van der Waals surface area contributed by atoms with Crippen molar-refractivity contribution in [1.29, 1.82) is 0 Å². The lowest BCUT2D eigenvalue weighted by Crippen LogP contribution is -2.18. The Hall–Kier alpha value is -2.44. The van der Waals surface area contributed by atoms with Crippen LogP contribution in [0.3, 0.4) is 0 Å². The summed E-state index contributed by atoms with van der Waals surface area (Å²) in [5, 5.41) is 3.28. The van der Waals surface area contributed by atoms with Gasteiger partial charge in [-0.1, -0.05) is 23.7 Å². The lowest BCUT2D eigenvalue weighted by atomic mass is 10.2. The van der Waals surface area contributed by atoms with E-state index in [0.717, 1.165) is 10.6 Å². The molecule has 3 rings (SSSR count). The van der Waals surface area contributed by atoms with Crippen LogP contribution >= 0.6 is 22.9 Å². The van der Waals surface area contributed by atoms with Crippen molar-refractivity contribution in [2.75, 3.05) is 0 Å². The van der Waals surface area contributed by atoms with Crippen LogP contribution in [-0.4, -0.2) is 15.9 Å². The number of aromatic amines is 1. The fourth-order valence-corrected chi connectivity index (χ4v) is 2.83. The molecule has 0 fully saturated rings. The van der Waals surface area contributed by atoms with E-state index < -0.39 is 11.5 Å². The summed E-state index contributed by atoms with van der Waals surface area (Å²) in [6, 6.07) is 10.3. The van der Waals surface area contributed by atoms with Gasteiger partial charge in [-0.05, 0) is 24.3 Å². The first-order valence-corrected chi connectivity index (χ1v) is 7.94. The Labute approximate surface area is 140 Å². The first-order chi connectivity index (χ1) is 11.1. The molecule has 0 aliphatic rings. The molecule has 0 saturated carbocycles. The van der Waals surface area contributed by atoms with Crippen LogP contribution < -0.4 is 5.56 Å². The lowest BCUT2D eigenvalue weighted by Gasteiger charge is -2.01. The quantitative estimate of drug-likeness (QED) is 0.734. The van der Waals surface area contributed by atoms with Crippen molar-refractivity contribution in [1.82, 2.24) is 9.97 Å². The molecule has 0 atom stereocenters. The number of carbonyl (C=O) groups excluding carboxylic acids is 1. The molecule has 2 heterocycles. The van der Waals surface area contributed by atoms with Gasteiger partial charge in [-0.2, -0.15) is 0 Å². The Balaban J connectivity index is 1.68. The fourth-order valence-electron chi connectivity index (χ4n) is 1.90. The summed E-state index contributed by atoms with van der Waals surface area (Å²) in [4.78, 5) is 30.2. The van der Waals surface area contributed by atoms with Crippen molar-refractivity contribution in [3.8, 4) is 10.6 Å². The van der Waals surface area contributed by atoms with Crippen molar-refractivity contribution >= 4 is 28.9 Å². The number of hydrogen-bond donors (Lipinski definition) is 1. The molecule has 1 N–H and O–H groups in total. The van der Waals surface area contributed by atoms with Gasteiger partial charge < -0.3 is 9.72 Å². The molecule has 5 nitrogen and oxygen atoms in total. The van der Waals surface area contributed by atoms with Crippen LogP contribution in [0, 0.1) is 0 Å². The third kappa shape index (κ3) is 3.67. The summed E-state index contributed by atoms with van der Waals surface area (Å²) >= 11 is 7.30. The number of halogens is 1. The van der Waals surface area contributed by atoms with Crippen LogP contribution in [0.5, 0.6) is 0 Å². The van der Waals surface area contributed by atoms with Gasteiger partial charge in [0.25, 0.3) is 5.56 Å². The van der Waals surface area contributed by atoms with Crippen LogP contribution in [0.2, 0.25) is 5.02 Å². The van der Waals surface area contributed by atoms with Crippen LogP contribution in [0.1, 0.15) is 16.1 Å². The molecule has 116 valence electrons. The first-order valence-electron chi connectivity index (χ1n) is 6.68. The number of pyridine rings is 1. The number of H-pyrrole nitrogens is 1. The predicted octanol–water partition coefficient (Wildman–Crippen LogP) is 3.51. The molecular weight excluding hydrogens is 336 g/mol. The van der Waals surface area contributed by atoms with Crippen LogP contribution in [0.4, 0.5) is 0 Å². The second-order valence-electron chi connectivity index (χ2n) is 4.64. The summed E-state index contributed by atoms with van der Waals surface area (Å²) in [7, 11) is 0. The molecule has 23 heavy (non-hydrogen) atoms. The molecule has 2 aromatic heterocycles. The van der Waals surface area contributed by atoms with Gasteiger partial charge in [-0.3, -0.25) is 4.79 Å². The Morgan fingerprint density at radius 1 is 1.26 bits per heavy atom. The van der Waals surface area contributed by atoms with Crippen molar-refractivity contribution < 1.29 is 9.53 Å². The van der Waals surface area contributed by atoms with Gasteiger partial charge in [0, 0.05) is 22.2 Å². The Morgan fingerprint density at radius 2 is 2.04 bits per heavy atom. The molecule has 1 aromatic carbocycles. The van der Waals surface area contributed by atoms with Gasteiger partial charge in [-0.15, -0.1) is 11.3 Å². The van der Waals surface area contributed by atoms with E-state index in [0.29, 0.717) is 10.7 Å². The number of carbonyl (C=O) groups is 1. The molecule has 7 heteroatoms. The van der Waals surface area contributed by atoms with Crippen LogP contribution in [0.25, 0.3) is 10.6 Å². The fraction of sp³-hybridized carbons (Fsp3) is 0.0625. The molecule has 0 bridgehead atoms. The summed E-state index contributed by atoms with van der Waals surface area (Å²) in [6.07, 6.45) is 1.46. The van der Waals surface area contributed by atoms with E-state index in [-0.39, 0.29) is 12.2 Å². The van der Waals surface area contributed by atoms with Gasteiger partial charge in [-0.25, -0.2) is 9.78 Å². The van der Waals surface area contributed by atoms with E-state index >= 15 is 0 Å². The maximum absolute atomic E-state index is 11.9. The molecule has 0 saturated heterocycles. The van der Waals surface area contributed by atoms with Crippen molar-refractivity contribution in [2.24, 2.45) is 0 Å². The number of ether oxygens (including phenoxy) is 1. The van der Waals surface area contributed by atoms with E-state index in [9.17, 15) is 9.59 Å². The van der Waals surface area contributed by atoms with E-state index in [2.05, 4.69) is 9.97 Å². The predicted molar refractivity (Wildman–Crippen MR) is 88.7 cm³/mol. The zero-order valence-electron chi connectivity index (χ0n) is 11.8. The minimum absolute atomic E-state index is 0.0112. The van der Waals surface area contributed by atoms with E-state index in [4.69, 9.17) is 16.3 Å². The second-order valence-corrected chi connectivity index (χ2v) is 5.93. The number of nitrogens with one attached hydrogen (secondary N) is 1. The highest BCUT2D eigenvalue weighted by Gasteiger charge is 2.12. The largest absolute Gasteiger partial charge is 0.455 e. The highest BCUT2D eigenvalue weighted by molar-refractivity contribution is 7.13. The van der Waals surface area contributed by atoms with Gasteiger partial charge >= 0.3 is 5.97 Å². The van der Waals surface area contributed by atoms with E-state index in [1.54, 1.807) is 18.2 Å². The number of rotatable bonds is 4. The number of thiazole rings is 1. The lowest BCUT2D eigenvalue weighted by molar-refractivity contribution is 0.0466. The zero-order valence-corrected chi connectivity index (χ0v) is 13.4. The van der Waals surface area contributed by atoms with Crippen molar-refractivity contribution in [2.45, 2.75) is 6.61 Å². The second kappa shape index (κ2) is 6.76. The molecule has 0 aliphatic heterocycles. The maximum atomic E-state index is 11.9. The number of aromatic nitrogens is 2. The van der Waals surface area contributed by atoms with Crippen LogP contribution in [0.15, 0.2) is 52.8 Å². The average molecular weight is 347 g/mol. The molecule has 0 amide bonds. The monoisotopic (exact) mass is 346 g/mol. The van der Waals surface area contributed by atoms with Crippen LogP contribution in [-0.2, 0) is 11.3 Å². The molecule has 0 spiro atoms. The van der Waals surface area contributed by atoms with E-state index in [1.165, 1.54) is 23.6 Å². The maximum Gasteiger partial charge on any atom is 0.344 e. The number of benzene rings is 1. The summed E-state index contributed by atoms with van der Waals surface area (Å²) in [6.45, 7) is 0.0112. The average Bonchev–Trinajstić information content (AvgIpc) is 3.03. The van der Waals surface area contributed by atoms with Gasteiger partial charge in [0.15, 0.2) is 0 Å². The van der Waals surface area contributed by atoms with Crippen molar-refractivity contribution in [3.63, 3.8) is 0 Å². The highest BCUT2D eigenvalue weighted by atomic mass is 35.5. The zero-order chi connectivity index (χ0) is 16.2. The van der Waals surface area contributed by atoms with Crippen molar-refractivity contribution in [3.05, 3.63) is 74.6 Å². The molecule has 0 aliphatic carbocycles. The normalized spacial score (nSPS) is 10.5. The number of hydrogen-bond acceptors (Lipinski definition) is 5. The summed E-state index contributed by atoms with van der Waals surface area (Å²) in [5.74, 6) is -0.673. The van der Waals surface area contributed by atoms with Gasteiger partial charge in [0.2, 0.25) is 0 Å². The molecular formula is C16H11ClN2O3S. The van der Waals surface area contributed by atoms with Gasteiger partial charge in [0.1, 0.15) is 17.2 Å². The Bertz CT molecular complexity index is 887. The summed E-state index contributed by atoms with van der Waals surface area (Å²) < 4.78 is 5.13. The smallest absolute Gasteiger partial charge is 0.344 e. The number of esters is 1. The molecule has 3 aromatic rings. The number of nitrogens with zero attached hydrogens (tertiary/aromatic N) is 1. The van der Waals surface area contributed by atoms with Gasteiger partial charge in [0.05, 0.1) is 5.69 Å². The molecule has 0 radical (unpaired) electrons. The third-order valence-corrected chi connectivity index (χ3v) is 4.22. The minimum Gasteiger partial charge on any atom is -0.455 e. The highest BCUT2D eigenvalue weighted by Crippen LogP contribution is 2.25. The Kier molecular flexibility index (Phi) is 4.55. The molecule has 0 unspecified atom stereocenters. The third-order valence-electron chi connectivity index (χ3n) is 3.03. The first kappa shape index (κ1) is 15.5. The Morgan fingerprint density at radius 3 is 2.78 bits per heavy atom. The standard InChI is InChI=1S/C16H11ClN2O3S/c17-11-5-3-10(4-6-11)15-19-12(9-23-15)8-22-16(21)13-2-1-7-18-14(13)20/h1-7,9H,8H2,(H,18,20). The topological polar surface area (TPSA) is 72.0 Å². The SMILES string of the molecule is O=C(OCc1csc(-c2ccc(Cl)cc2)n1)c1ccc[nH]c1=O. The van der Waals surface area contributed by atoms with E-state index in [1.807, 2.05) is 17.5 Å².